The van der Waals surface area contributed by atoms with Crippen molar-refractivity contribution in [3.05, 3.63) is 23.8 Å². The molecule has 0 bridgehead atoms. The number of fused-ring (bicyclic) bond motifs is 1. The summed E-state index contributed by atoms with van der Waals surface area (Å²) >= 11 is 0. The van der Waals surface area contributed by atoms with Crippen LogP contribution in [-0.4, -0.2) is 36.1 Å². The maximum absolute atomic E-state index is 11.6. The Balaban J connectivity index is 1.66. The van der Waals surface area contributed by atoms with Crippen LogP contribution in [0.15, 0.2) is 18.2 Å². The summed E-state index contributed by atoms with van der Waals surface area (Å²) in [5.74, 6) is 0.317. The van der Waals surface area contributed by atoms with E-state index in [1.165, 1.54) is 0 Å². The largest absolute Gasteiger partial charge is 0.454 e. The van der Waals surface area contributed by atoms with Crippen LogP contribution in [0.25, 0.3) is 0 Å². The van der Waals surface area contributed by atoms with E-state index in [1.54, 1.807) is 6.07 Å². The molecule has 0 aromatic heterocycles. The number of amides is 4. The molecule has 2 heterocycles. The predicted octanol–water partition coefficient (Wildman–Crippen LogP) is 0.426. The molecule has 0 radical (unpaired) electrons. The van der Waals surface area contributed by atoms with Crippen LogP contribution in [0.2, 0.25) is 0 Å². The lowest BCUT2D eigenvalue weighted by molar-refractivity contribution is -0.136. The molecule has 0 unspecified atom stereocenters. The van der Waals surface area contributed by atoms with E-state index in [4.69, 9.17) is 9.47 Å². The standard InChI is InChI=1S/C13H12N2O5/c16-11-6-12(17)15(13(18)14-11)4-3-8-1-2-9-10(5-8)20-7-19-9/h1-2,5H,3-4,6-7H2,(H,14,16,18). The first-order chi connectivity index (χ1) is 9.63. The van der Waals surface area contributed by atoms with Gasteiger partial charge in [0.05, 0.1) is 0 Å². The average Bonchev–Trinajstić information content (AvgIpc) is 2.84. The highest BCUT2D eigenvalue weighted by molar-refractivity contribution is 6.14. The van der Waals surface area contributed by atoms with Gasteiger partial charge in [0, 0.05) is 6.54 Å². The molecular weight excluding hydrogens is 264 g/mol. The summed E-state index contributed by atoms with van der Waals surface area (Å²) in [6, 6.07) is 4.80. The second-order valence-electron chi connectivity index (χ2n) is 4.51. The molecule has 0 saturated carbocycles. The summed E-state index contributed by atoms with van der Waals surface area (Å²) in [6.07, 6.45) is 0.205. The molecule has 1 aromatic rings. The number of carbonyl (C=O) groups excluding carboxylic acids is 3. The zero-order valence-electron chi connectivity index (χ0n) is 10.5. The van der Waals surface area contributed by atoms with E-state index in [0.717, 1.165) is 10.5 Å². The predicted molar refractivity (Wildman–Crippen MR) is 66.1 cm³/mol. The topological polar surface area (TPSA) is 84.9 Å². The lowest BCUT2D eigenvalue weighted by Crippen LogP contribution is -2.53. The van der Waals surface area contributed by atoms with Gasteiger partial charge < -0.3 is 9.47 Å². The van der Waals surface area contributed by atoms with Gasteiger partial charge in [0.1, 0.15) is 6.42 Å². The van der Waals surface area contributed by atoms with Gasteiger partial charge in [-0.15, -0.1) is 0 Å². The summed E-state index contributed by atoms with van der Waals surface area (Å²) in [5.41, 5.74) is 0.923. The van der Waals surface area contributed by atoms with E-state index >= 15 is 0 Å². The van der Waals surface area contributed by atoms with Crippen molar-refractivity contribution >= 4 is 17.8 Å². The number of rotatable bonds is 3. The minimum atomic E-state index is -0.660. The van der Waals surface area contributed by atoms with Crippen LogP contribution in [0.3, 0.4) is 0 Å². The van der Waals surface area contributed by atoms with Crippen molar-refractivity contribution in [3.63, 3.8) is 0 Å². The number of imide groups is 2. The zero-order valence-corrected chi connectivity index (χ0v) is 10.5. The molecule has 20 heavy (non-hydrogen) atoms. The van der Waals surface area contributed by atoms with E-state index in [0.29, 0.717) is 17.9 Å². The third-order valence-electron chi connectivity index (χ3n) is 3.17. The summed E-state index contributed by atoms with van der Waals surface area (Å²) < 4.78 is 10.5. The smallest absolute Gasteiger partial charge is 0.330 e. The molecule has 2 aliphatic heterocycles. The molecule has 1 aromatic carbocycles. The second kappa shape index (κ2) is 4.84. The maximum atomic E-state index is 11.6. The Kier molecular flexibility index (Phi) is 3.02. The fraction of sp³-hybridized carbons (Fsp3) is 0.308. The van der Waals surface area contributed by atoms with Gasteiger partial charge in [-0.3, -0.25) is 19.8 Å². The molecule has 7 nitrogen and oxygen atoms in total. The normalized spacial score (nSPS) is 17.4. The van der Waals surface area contributed by atoms with Gasteiger partial charge in [-0.2, -0.15) is 0 Å². The van der Waals surface area contributed by atoms with Crippen molar-refractivity contribution in [2.75, 3.05) is 13.3 Å². The molecule has 0 aliphatic carbocycles. The van der Waals surface area contributed by atoms with E-state index in [1.807, 2.05) is 12.1 Å². The first-order valence-electron chi connectivity index (χ1n) is 6.16. The minimum absolute atomic E-state index is 0.202. The second-order valence-corrected chi connectivity index (χ2v) is 4.51. The SMILES string of the molecule is O=C1CC(=O)N(CCc2ccc3c(c2)OCO3)C(=O)N1. The number of hydrogen-bond acceptors (Lipinski definition) is 5. The van der Waals surface area contributed by atoms with Crippen LogP contribution in [-0.2, 0) is 16.0 Å². The van der Waals surface area contributed by atoms with Crippen LogP contribution < -0.4 is 14.8 Å². The lowest BCUT2D eigenvalue weighted by atomic mass is 10.1. The quantitative estimate of drug-likeness (QED) is 0.809. The maximum Gasteiger partial charge on any atom is 0.330 e. The molecule has 104 valence electrons. The van der Waals surface area contributed by atoms with Crippen LogP contribution in [0.1, 0.15) is 12.0 Å². The Morgan fingerprint density at radius 3 is 2.75 bits per heavy atom. The van der Waals surface area contributed by atoms with E-state index < -0.39 is 17.8 Å². The van der Waals surface area contributed by atoms with E-state index in [2.05, 4.69) is 5.32 Å². The van der Waals surface area contributed by atoms with Gasteiger partial charge >= 0.3 is 6.03 Å². The number of hydrogen-bond donors (Lipinski definition) is 1. The number of ether oxygens (including phenoxy) is 2. The Morgan fingerprint density at radius 2 is 1.95 bits per heavy atom. The van der Waals surface area contributed by atoms with Crippen molar-refractivity contribution in [1.82, 2.24) is 10.2 Å². The fourth-order valence-corrected chi connectivity index (χ4v) is 2.14. The number of benzene rings is 1. The van der Waals surface area contributed by atoms with Crippen molar-refractivity contribution in [3.8, 4) is 11.5 Å². The lowest BCUT2D eigenvalue weighted by Gasteiger charge is -2.24. The van der Waals surface area contributed by atoms with Crippen LogP contribution in [0.5, 0.6) is 11.5 Å². The van der Waals surface area contributed by atoms with E-state index in [9.17, 15) is 14.4 Å². The Labute approximate surface area is 114 Å². The zero-order chi connectivity index (χ0) is 14.1. The molecule has 0 atom stereocenters. The molecular formula is C13H12N2O5. The van der Waals surface area contributed by atoms with Crippen molar-refractivity contribution < 1.29 is 23.9 Å². The Bertz CT molecular complexity index is 578. The summed E-state index contributed by atoms with van der Waals surface area (Å²) in [4.78, 5) is 35.2. The molecule has 0 spiro atoms. The number of nitrogens with one attached hydrogen (secondary N) is 1. The number of urea groups is 1. The van der Waals surface area contributed by atoms with Gasteiger partial charge in [-0.1, -0.05) is 6.07 Å². The monoisotopic (exact) mass is 276 g/mol. The molecule has 4 amide bonds. The average molecular weight is 276 g/mol. The van der Waals surface area contributed by atoms with Crippen molar-refractivity contribution in [2.45, 2.75) is 12.8 Å². The van der Waals surface area contributed by atoms with Crippen LogP contribution in [0.4, 0.5) is 4.79 Å². The highest BCUT2D eigenvalue weighted by Crippen LogP contribution is 2.32. The summed E-state index contributed by atoms with van der Waals surface area (Å²) in [6.45, 7) is 0.422. The number of carbonyl (C=O) groups is 3. The first kappa shape index (κ1) is 12.5. The molecule has 3 rings (SSSR count). The number of barbiturate groups is 1. The van der Waals surface area contributed by atoms with Crippen molar-refractivity contribution in [2.24, 2.45) is 0 Å². The van der Waals surface area contributed by atoms with Crippen LogP contribution >= 0.6 is 0 Å². The van der Waals surface area contributed by atoms with Crippen molar-refractivity contribution in [1.29, 1.82) is 0 Å². The Morgan fingerprint density at radius 1 is 1.15 bits per heavy atom. The van der Waals surface area contributed by atoms with Gasteiger partial charge in [0.2, 0.25) is 18.6 Å². The molecule has 1 fully saturated rings. The first-order valence-corrected chi connectivity index (χ1v) is 6.16. The summed E-state index contributed by atoms with van der Waals surface area (Å²) in [7, 11) is 0. The highest BCUT2D eigenvalue weighted by Gasteiger charge is 2.30. The van der Waals surface area contributed by atoms with Gasteiger partial charge in [-0.05, 0) is 24.1 Å². The van der Waals surface area contributed by atoms with E-state index in [-0.39, 0.29) is 19.8 Å². The number of nitrogens with zero attached hydrogens (tertiary/aromatic N) is 1. The van der Waals surface area contributed by atoms with Gasteiger partial charge in [0.25, 0.3) is 0 Å². The molecule has 2 aliphatic rings. The highest BCUT2D eigenvalue weighted by atomic mass is 16.7. The third kappa shape index (κ3) is 2.29. The Hall–Kier alpha value is -2.57. The molecule has 1 N–H and O–H groups in total. The van der Waals surface area contributed by atoms with Crippen LogP contribution in [0, 0.1) is 0 Å². The molecule has 1 saturated heterocycles. The van der Waals surface area contributed by atoms with Gasteiger partial charge in [-0.25, -0.2) is 4.79 Å². The third-order valence-corrected chi connectivity index (χ3v) is 3.17. The van der Waals surface area contributed by atoms with Gasteiger partial charge in [0.15, 0.2) is 11.5 Å². The minimum Gasteiger partial charge on any atom is -0.454 e. The summed E-state index contributed by atoms with van der Waals surface area (Å²) in [5, 5.41) is 2.12. The molecule has 7 heteroatoms. The fourth-order valence-electron chi connectivity index (χ4n) is 2.14.